The number of hydrogen-bond donors (Lipinski definition) is 1. The molecule has 1 nitrogen and oxygen atoms in total. The molecule has 1 rings (SSSR count). The van der Waals surface area contributed by atoms with Crippen LogP contribution in [0.2, 0.25) is 0 Å². The summed E-state index contributed by atoms with van der Waals surface area (Å²) in [6.45, 7) is 9.02. The predicted molar refractivity (Wildman–Crippen MR) is 58.6 cm³/mol. The summed E-state index contributed by atoms with van der Waals surface area (Å²) in [4.78, 5) is 0. The minimum absolute atomic E-state index is 0.586. The highest BCUT2D eigenvalue weighted by atomic mass is 14.9. The van der Waals surface area contributed by atoms with Gasteiger partial charge in [0, 0.05) is 11.7 Å². The molecule has 1 unspecified atom stereocenters. The van der Waals surface area contributed by atoms with Gasteiger partial charge in [-0.1, -0.05) is 18.9 Å². The second-order valence-electron chi connectivity index (χ2n) is 4.57. The van der Waals surface area contributed by atoms with E-state index in [4.69, 9.17) is 0 Å². The van der Waals surface area contributed by atoms with Crippen LogP contribution in [0.25, 0.3) is 0 Å². The SMILES string of the molecule is CCC1CCC(NC(C)C)=C(C)C1. The van der Waals surface area contributed by atoms with Crippen molar-refractivity contribution in [3.05, 3.63) is 11.3 Å². The van der Waals surface area contributed by atoms with Crippen LogP contribution in [-0.4, -0.2) is 6.04 Å². The van der Waals surface area contributed by atoms with Crippen molar-refractivity contribution in [1.82, 2.24) is 5.32 Å². The van der Waals surface area contributed by atoms with Crippen LogP contribution in [0.3, 0.4) is 0 Å². The molecular formula is C12H23N. The van der Waals surface area contributed by atoms with Gasteiger partial charge in [-0.15, -0.1) is 0 Å². The summed E-state index contributed by atoms with van der Waals surface area (Å²) >= 11 is 0. The predicted octanol–water partition coefficient (Wildman–Crippen LogP) is 3.47. The van der Waals surface area contributed by atoms with E-state index in [-0.39, 0.29) is 0 Å². The Morgan fingerprint density at radius 3 is 2.62 bits per heavy atom. The molecule has 0 radical (unpaired) electrons. The standard InChI is InChI=1S/C12H23N/c1-5-11-6-7-12(10(4)8-11)13-9(2)3/h9,11,13H,5-8H2,1-4H3. The van der Waals surface area contributed by atoms with E-state index >= 15 is 0 Å². The summed E-state index contributed by atoms with van der Waals surface area (Å²) < 4.78 is 0. The third-order valence-corrected chi connectivity index (χ3v) is 2.95. The Kier molecular flexibility index (Phi) is 3.83. The highest BCUT2D eigenvalue weighted by Gasteiger charge is 2.17. The Labute approximate surface area is 82.6 Å². The largest absolute Gasteiger partial charge is 0.386 e. The van der Waals surface area contributed by atoms with Crippen LogP contribution in [0.4, 0.5) is 0 Å². The third kappa shape index (κ3) is 3.06. The second kappa shape index (κ2) is 4.69. The van der Waals surface area contributed by atoms with E-state index < -0.39 is 0 Å². The first-order valence-corrected chi connectivity index (χ1v) is 5.58. The van der Waals surface area contributed by atoms with E-state index in [9.17, 15) is 0 Å². The Hall–Kier alpha value is -0.460. The fraction of sp³-hybridized carbons (Fsp3) is 0.833. The summed E-state index contributed by atoms with van der Waals surface area (Å²) in [7, 11) is 0. The first kappa shape index (κ1) is 10.6. The fourth-order valence-electron chi connectivity index (χ4n) is 2.11. The van der Waals surface area contributed by atoms with Crippen molar-refractivity contribution in [3.8, 4) is 0 Å². The van der Waals surface area contributed by atoms with Gasteiger partial charge < -0.3 is 5.32 Å². The highest BCUT2D eigenvalue weighted by molar-refractivity contribution is 5.14. The van der Waals surface area contributed by atoms with Crippen LogP contribution < -0.4 is 5.32 Å². The molecule has 0 aromatic heterocycles. The van der Waals surface area contributed by atoms with E-state index in [1.807, 2.05) is 0 Å². The molecule has 0 amide bonds. The molecule has 0 spiro atoms. The van der Waals surface area contributed by atoms with E-state index in [2.05, 4.69) is 33.0 Å². The lowest BCUT2D eigenvalue weighted by molar-refractivity contribution is 0.424. The minimum Gasteiger partial charge on any atom is -0.386 e. The van der Waals surface area contributed by atoms with Crippen LogP contribution in [-0.2, 0) is 0 Å². The maximum Gasteiger partial charge on any atom is 0.0201 e. The van der Waals surface area contributed by atoms with Crippen molar-refractivity contribution < 1.29 is 0 Å². The van der Waals surface area contributed by atoms with Gasteiger partial charge >= 0.3 is 0 Å². The lowest BCUT2D eigenvalue weighted by Gasteiger charge is -2.27. The van der Waals surface area contributed by atoms with Gasteiger partial charge in [0.05, 0.1) is 0 Å². The van der Waals surface area contributed by atoms with E-state index in [1.54, 1.807) is 5.57 Å². The first-order chi connectivity index (χ1) is 6.13. The van der Waals surface area contributed by atoms with Crippen LogP contribution in [0, 0.1) is 5.92 Å². The molecule has 1 aliphatic rings. The molecule has 0 heterocycles. The van der Waals surface area contributed by atoms with Gasteiger partial charge in [0.25, 0.3) is 0 Å². The van der Waals surface area contributed by atoms with E-state index in [0.29, 0.717) is 6.04 Å². The Morgan fingerprint density at radius 2 is 2.15 bits per heavy atom. The summed E-state index contributed by atoms with van der Waals surface area (Å²) in [6, 6.07) is 0.586. The molecule has 0 bridgehead atoms. The van der Waals surface area contributed by atoms with Gasteiger partial charge in [0.1, 0.15) is 0 Å². The molecule has 1 heteroatoms. The molecule has 1 atom stereocenters. The normalized spacial score (nSPS) is 23.9. The molecule has 0 fully saturated rings. The first-order valence-electron chi connectivity index (χ1n) is 5.58. The molecular weight excluding hydrogens is 158 g/mol. The molecule has 0 aliphatic heterocycles. The third-order valence-electron chi connectivity index (χ3n) is 2.95. The van der Waals surface area contributed by atoms with Crippen molar-refractivity contribution in [2.45, 2.75) is 59.4 Å². The lowest BCUT2D eigenvalue weighted by atomic mass is 9.85. The van der Waals surface area contributed by atoms with Crippen molar-refractivity contribution in [3.63, 3.8) is 0 Å². The van der Waals surface area contributed by atoms with Crippen LogP contribution >= 0.6 is 0 Å². The summed E-state index contributed by atoms with van der Waals surface area (Å²) in [5.74, 6) is 0.942. The van der Waals surface area contributed by atoms with E-state index in [0.717, 1.165) is 5.92 Å². The Bertz CT molecular complexity index is 191. The van der Waals surface area contributed by atoms with Crippen molar-refractivity contribution >= 4 is 0 Å². The van der Waals surface area contributed by atoms with Gasteiger partial charge in [-0.2, -0.15) is 0 Å². The smallest absolute Gasteiger partial charge is 0.0201 e. The molecule has 76 valence electrons. The molecule has 1 aliphatic carbocycles. The monoisotopic (exact) mass is 181 g/mol. The van der Waals surface area contributed by atoms with Gasteiger partial charge in [-0.3, -0.25) is 0 Å². The number of rotatable bonds is 3. The number of hydrogen-bond acceptors (Lipinski definition) is 1. The molecule has 0 aromatic rings. The molecule has 0 saturated heterocycles. The number of allylic oxidation sites excluding steroid dienone is 2. The van der Waals surface area contributed by atoms with Gasteiger partial charge in [0.15, 0.2) is 0 Å². The van der Waals surface area contributed by atoms with Crippen molar-refractivity contribution in [1.29, 1.82) is 0 Å². The topological polar surface area (TPSA) is 12.0 Å². The van der Waals surface area contributed by atoms with Crippen LogP contribution in [0.5, 0.6) is 0 Å². The summed E-state index contributed by atoms with van der Waals surface area (Å²) in [5, 5.41) is 3.56. The van der Waals surface area contributed by atoms with Gasteiger partial charge in [-0.25, -0.2) is 0 Å². The Morgan fingerprint density at radius 1 is 1.46 bits per heavy atom. The fourth-order valence-corrected chi connectivity index (χ4v) is 2.11. The minimum atomic E-state index is 0.586. The van der Waals surface area contributed by atoms with Crippen molar-refractivity contribution in [2.24, 2.45) is 5.92 Å². The Balaban J connectivity index is 2.54. The van der Waals surface area contributed by atoms with Gasteiger partial charge in [-0.05, 0) is 46.0 Å². The van der Waals surface area contributed by atoms with E-state index in [1.165, 1.54) is 31.4 Å². The van der Waals surface area contributed by atoms with Crippen molar-refractivity contribution in [2.75, 3.05) is 0 Å². The second-order valence-corrected chi connectivity index (χ2v) is 4.57. The molecule has 0 aromatic carbocycles. The number of nitrogens with one attached hydrogen (secondary N) is 1. The van der Waals surface area contributed by atoms with Crippen LogP contribution in [0.15, 0.2) is 11.3 Å². The molecule has 13 heavy (non-hydrogen) atoms. The maximum atomic E-state index is 3.56. The highest BCUT2D eigenvalue weighted by Crippen LogP contribution is 2.29. The van der Waals surface area contributed by atoms with Gasteiger partial charge in [0.2, 0.25) is 0 Å². The maximum absolute atomic E-state index is 3.56. The zero-order valence-electron chi connectivity index (χ0n) is 9.48. The molecule has 1 N–H and O–H groups in total. The summed E-state index contributed by atoms with van der Waals surface area (Å²) in [6.07, 6.45) is 5.29. The quantitative estimate of drug-likeness (QED) is 0.703. The lowest BCUT2D eigenvalue weighted by Crippen LogP contribution is -2.26. The zero-order chi connectivity index (χ0) is 9.84. The average Bonchev–Trinajstić information content (AvgIpc) is 2.08. The molecule has 0 saturated carbocycles. The van der Waals surface area contributed by atoms with Crippen LogP contribution in [0.1, 0.15) is 53.4 Å². The summed E-state index contributed by atoms with van der Waals surface area (Å²) in [5.41, 5.74) is 3.10. The zero-order valence-corrected chi connectivity index (χ0v) is 9.48. The average molecular weight is 181 g/mol.